The molecule has 0 saturated carbocycles. The molecule has 0 aliphatic heterocycles. The largest absolute Gasteiger partial charge is 0.469 e. The highest BCUT2D eigenvalue weighted by molar-refractivity contribution is 5.86. The predicted octanol–water partition coefficient (Wildman–Crippen LogP) is 3.77. The molecule has 102 valence electrons. The Labute approximate surface area is 112 Å². The number of rotatable bonds is 2. The molecular weight excluding hydrogens is 266 g/mol. The van der Waals surface area contributed by atoms with Crippen LogP contribution in [0.3, 0.4) is 0 Å². The number of nitrogens with zero attached hydrogens (tertiary/aromatic N) is 1. The fourth-order valence-corrected chi connectivity index (χ4v) is 2.01. The monoisotopic (exact) mass is 276 g/mol. The quantitative estimate of drug-likeness (QED) is 0.773. The van der Waals surface area contributed by atoms with Crippen LogP contribution in [0.2, 0.25) is 0 Å². The van der Waals surface area contributed by atoms with Crippen LogP contribution >= 0.6 is 0 Å². The molecule has 0 radical (unpaired) electrons. The van der Waals surface area contributed by atoms with Gasteiger partial charge in [-0.15, -0.1) is 0 Å². The maximum absolute atomic E-state index is 13.9. The molecule has 6 heteroatoms. The molecule has 4 nitrogen and oxygen atoms in total. The van der Waals surface area contributed by atoms with Crippen LogP contribution in [-0.4, -0.2) is 5.16 Å². The van der Waals surface area contributed by atoms with E-state index in [2.05, 4.69) is 5.16 Å². The van der Waals surface area contributed by atoms with Crippen molar-refractivity contribution in [2.24, 2.45) is 0 Å². The van der Waals surface area contributed by atoms with Gasteiger partial charge in [-0.3, -0.25) is 0 Å². The number of hydrogen-bond donors (Lipinski definition) is 1. The molecule has 3 aromatic rings. The number of halogens is 2. The number of aryl methyl sites for hydroxylation is 1. The first-order chi connectivity index (χ1) is 9.56. The van der Waals surface area contributed by atoms with E-state index in [4.69, 9.17) is 14.7 Å². The Balaban J connectivity index is 2.21. The van der Waals surface area contributed by atoms with Crippen LogP contribution < -0.4 is 5.73 Å². The second-order valence-corrected chi connectivity index (χ2v) is 4.34. The number of furan rings is 1. The summed E-state index contributed by atoms with van der Waals surface area (Å²) in [6.45, 7) is 1.77. The molecule has 0 saturated heterocycles. The molecule has 0 aliphatic carbocycles. The van der Waals surface area contributed by atoms with E-state index >= 15 is 0 Å². The first-order valence-electron chi connectivity index (χ1n) is 5.82. The third-order valence-electron chi connectivity index (χ3n) is 2.91. The van der Waals surface area contributed by atoms with Crippen LogP contribution in [0.15, 0.2) is 39.5 Å². The smallest absolute Gasteiger partial charge is 0.180 e. The van der Waals surface area contributed by atoms with Gasteiger partial charge in [0, 0.05) is 11.6 Å². The zero-order valence-corrected chi connectivity index (χ0v) is 10.5. The lowest BCUT2D eigenvalue weighted by Gasteiger charge is -2.03. The fraction of sp³-hybridized carbons (Fsp3) is 0.0714. The first kappa shape index (κ1) is 12.4. The number of anilines is 1. The minimum Gasteiger partial charge on any atom is -0.469 e. The van der Waals surface area contributed by atoms with E-state index in [-0.39, 0.29) is 22.7 Å². The lowest BCUT2D eigenvalue weighted by Crippen LogP contribution is -1.92. The fourth-order valence-electron chi connectivity index (χ4n) is 2.01. The molecule has 0 aliphatic rings. The van der Waals surface area contributed by atoms with Crippen molar-refractivity contribution < 1.29 is 17.7 Å². The molecule has 0 atom stereocenters. The molecule has 2 aromatic heterocycles. The van der Waals surface area contributed by atoms with Crippen LogP contribution in [0.25, 0.3) is 22.5 Å². The van der Waals surface area contributed by atoms with Crippen LogP contribution in [0.4, 0.5) is 14.6 Å². The van der Waals surface area contributed by atoms with Gasteiger partial charge in [0.2, 0.25) is 0 Å². The Bertz CT molecular complexity index is 777. The normalized spacial score (nSPS) is 10.9. The van der Waals surface area contributed by atoms with Crippen molar-refractivity contribution in [2.45, 2.75) is 6.92 Å². The standard InChI is InChI=1S/C14H10F2N2O2/c1-7-4-8(6-19-7)13-12(14(17)18-20-13)10-3-2-9(15)5-11(10)16/h2-6H,1H3,(H2,17,18). The molecule has 3 rings (SSSR count). The molecule has 0 amide bonds. The summed E-state index contributed by atoms with van der Waals surface area (Å²) in [7, 11) is 0. The topological polar surface area (TPSA) is 65.2 Å². The summed E-state index contributed by atoms with van der Waals surface area (Å²) in [6.07, 6.45) is 1.46. The molecule has 0 spiro atoms. The van der Waals surface area contributed by atoms with Crippen molar-refractivity contribution in [3.8, 4) is 22.5 Å². The summed E-state index contributed by atoms with van der Waals surface area (Å²) in [6, 6.07) is 4.94. The second-order valence-electron chi connectivity index (χ2n) is 4.34. The third kappa shape index (κ3) is 1.95. The van der Waals surface area contributed by atoms with Gasteiger partial charge in [0.1, 0.15) is 23.7 Å². The van der Waals surface area contributed by atoms with Gasteiger partial charge in [-0.2, -0.15) is 0 Å². The minimum atomic E-state index is -0.735. The van der Waals surface area contributed by atoms with Crippen molar-refractivity contribution in [3.05, 3.63) is 47.9 Å². The average Bonchev–Trinajstić information content (AvgIpc) is 2.96. The second kappa shape index (κ2) is 4.48. The number of aromatic nitrogens is 1. The average molecular weight is 276 g/mol. The van der Waals surface area contributed by atoms with E-state index in [9.17, 15) is 8.78 Å². The Hall–Kier alpha value is -2.63. The van der Waals surface area contributed by atoms with E-state index in [1.807, 2.05) is 0 Å². The highest BCUT2D eigenvalue weighted by atomic mass is 19.1. The van der Waals surface area contributed by atoms with Crippen LogP contribution in [-0.2, 0) is 0 Å². The van der Waals surface area contributed by atoms with Crippen molar-refractivity contribution in [2.75, 3.05) is 5.73 Å². The SMILES string of the molecule is Cc1cc(-c2onc(N)c2-c2ccc(F)cc2F)co1. The van der Waals surface area contributed by atoms with Gasteiger partial charge in [-0.25, -0.2) is 8.78 Å². The predicted molar refractivity (Wildman–Crippen MR) is 68.7 cm³/mol. The number of nitrogens with two attached hydrogens (primary N) is 1. The summed E-state index contributed by atoms with van der Waals surface area (Å²) >= 11 is 0. The maximum Gasteiger partial charge on any atom is 0.180 e. The van der Waals surface area contributed by atoms with Crippen molar-refractivity contribution >= 4 is 5.82 Å². The summed E-state index contributed by atoms with van der Waals surface area (Å²) < 4.78 is 37.2. The highest BCUT2D eigenvalue weighted by Crippen LogP contribution is 2.38. The summed E-state index contributed by atoms with van der Waals surface area (Å²) in [5.41, 5.74) is 6.72. The first-order valence-corrected chi connectivity index (χ1v) is 5.82. The lowest BCUT2D eigenvalue weighted by molar-refractivity contribution is 0.435. The maximum atomic E-state index is 13.9. The summed E-state index contributed by atoms with van der Waals surface area (Å²) in [4.78, 5) is 0. The van der Waals surface area contributed by atoms with Crippen LogP contribution in [0.5, 0.6) is 0 Å². The van der Waals surface area contributed by atoms with Crippen LogP contribution in [0, 0.1) is 18.6 Å². The van der Waals surface area contributed by atoms with E-state index in [1.165, 1.54) is 12.3 Å². The van der Waals surface area contributed by atoms with Gasteiger partial charge in [0.15, 0.2) is 11.6 Å². The third-order valence-corrected chi connectivity index (χ3v) is 2.91. The molecule has 2 N–H and O–H groups in total. The molecule has 0 unspecified atom stereocenters. The summed E-state index contributed by atoms with van der Waals surface area (Å²) in [5.74, 6) is -0.418. The molecule has 1 aromatic carbocycles. The Morgan fingerprint density at radius 3 is 2.65 bits per heavy atom. The van der Waals surface area contributed by atoms with E-state index in [1.54, 1.807) is 13.0 Å². The number of benzene rings is 1. The zero-order chi connectivity index (χ0) is 14.3. The van der Waals surface area contributed by atoms with Crippen molar-refractivity contribution in [3.63, 3.8) is 0 Å². The van der Waals surface area contributed by atoms with Gasteiger partial charge in [-0.05, 0) is 25.1 Å². The van der Waals surface area contributed by atoms with E-state index in [0.717, 1.165) is 12.1 Å². The van der Waals surface area contributed by atoms with Gasteiger partial charge in [0.05, 0.1) is 11.1 Å². The van der Waals surface area contributed by atoms with Crippen molar-refractivity contribution in [1.82, 2.24) is 5.16 Å². The highest BCUT2D eigenvalue weighted by Gasteiger charge is 2.21. The molecule has 20 heavy (non-hydrogen) atoms. The minimum absolute atomic E-state index is 0.0318. The van der Waals surface area contributed by atoms with E-state index < -0.39 is 11.6 Å². The lowest BCUT2D eigenvalue weighted by atomic mass is 10.0. The van der Waals surface area contributed by atoms with Crippen LogP contribution in [0.1, 0.15) is 5.76 Å². The van der Waals surface area contributed by atoms with Gasteiger partial charge < -0.3 is 14.7 Å². The van der Waals surface area contributed by atoms with Gasteiger partial charge in [0.25, 0.3) is 0 Å². The number of nitrogen functional groups attached to an aromatic ring is 1. The Kier molecular flexibility index (Phi) is 2.78. The van der Waals surface area contributed by atoms with Gasteiger partial charge >= 0.3 is 0 Å². The zero-order valence-electron chi connectivity index (χ0n) is 10.5. The summed E-state index contributed by atoms with van der Waals surface area (Å²) in [5, 5.41) is 3.64. The van der Waals surface area contributed by atoms with Crippen molar-refractivity contribution in [1.29, 1.82) is 0 Å². The Morgan fingerprint density at radius 2 is 2.00 bits per heavy atom. The Morgan fingerprint density at radius 1 is 1.20 bits per heavy atom. The molecule has 2 heterocycles. The molecule has 0 bridgehead atoms. The van der Waals surface area contributed by atoms with E-state index in [0.29, 0.717) is 11.3 Å². The molecule has 0 fully saturated rings. The molecular formula is C14H10F2N2O2. The number of hydrogen-bond acceptors (Lipinski definition) is 4. The van der Waals surface area contributed by atoms with Gasteiger partial charge in [-0.1, -0.05) is 5.16 Å².